The van der Waals surface area contributed by atoms with Crippen LogP contribution < -0.4 is 5.32 Å². The van der Waals surface area contributed by atoms with E-state index >= 15 is 0 Å². The molecule has 23 heavy (non-hydrogen) atoms. The van der Waals surface area contributed by atoms with Gasteiger partial charge in [0.2, 0.25) is 5.91 Å². The van der Waals surface area contributed by atoms with Crippen LogP contribution in [0.3, 0.4) is 0 Å². The van der Waals surface area contributed by atoms with Crippen molar-refractivity contribution in [2.24, 2.45) is 0 Å². The molecule has 1 aliphatic carbocycles. The highest BCUT2D eigenvalue weighted by Crippen LogP contribution is 2.31. The van der Waals surface area contributed by atoms with Gasteiger partial charge in [-0.3, -0.25) is 4.79 Å². The molecule has 0 saturated carbocycles. The smallest absolute Gasteiger partial charge is 0.349 e. The van der Waals surface area contributed by atoms with Gasteiger partial charge in [0.05, 0.1) is 18.0 Å². The van der Waals surface area contributed by atoms with Crippen molar-refractivity contribution >= 4 is 5.91 Å². The topological polar surface area (TPSA) is 29.1 Å². The predicted molar refractivity (Wildman–Crippen MR) is 80.8 cm³/mol. The van der Waals surface area contributed by atoms with Gasteiger partial charge < -0.3 is 5.32 Å². The highest BCUT2D eigenvalue weighted by Gasteiger charge is 2.30. The highest BCUT2D eigenvalue weighted by atomic mass is 19.4. The molecule has 5 heteroatoms. The van der Waals surface area contributed by atoms with Gasteiger partial charge >= 0.3 is 6.18 Å². The predicted octanol–water partition coefficient (Wildman–Crippen LogP) is 4.05. The molecule has 120 valence electrons. The molecule has 0 aliphatic heterocycles. The molecule has 2 aromatic rings. The first-order valence-electron chi connectivity index (χ1n) is 7.47. The number of halogens is 3. The van der Waals surface area contributed by atoms with E-state index in [0.29, 0.717) is 5.56 Å². The van der Waals surface area contributed by atoms with E-state index in [9.17, 15) is 18.0 Å². The van der Waals surface area contributed by atoms with Gasteiger partial charge in [0.15, 0.2) is 0 Å². The minimum Gasteiger partial charge on any atom is -0.349 e. The first-order valence-corrected chi connectivity index (χ1v) is 7.47. The molecule has 0 fully saturated rings. The molecular formula is C18H16F3NO. The van der Waals surface area contributed by atoms with Gasteiger partial charge in [0.25, 0.3) is 0 Å². The highest BCUT2D eigenvalue weighted by molar-refractivity contribution is 5.79. The van der Waals surface area contributed by atoms with Gasteiger partial charge in [0.1, 0.15) is 0 Å². The van der Waals surface area contributed by atoms with Crippen LogP contribution in [0.2, 0.25) is 0 Å². The Labute approximate surface area is 132 Å². The standard InChI is InChI=1S/C18H16F3NO/c19-18(20,21)14-6-3-4-12(10-14)11-17(23)22-16-9-8-13-5-1-2-7-15(13)16/h1-7,10,16H,8-9,11H2,(H,22,23). The minimum atomic E-state index is -4.39. The zero-order valence-corrected chi connectivity index (χ0v) is 12.4. The number of benzene rings is 2. The Hall–Kier alpha value is -2.30. The van der Waals surface area contributed by atoms with E-state index in [1.165, 1.54) is 17.7 Å². The summed E-state index contributed by atoms with van der Waals surface area (Å²) in [5, 5.41) is 2.92. The van der Waals surface area contributed by atoms with Gasteiger partial charge in [-0.2, -0.15) is 13.2 Å². The largest absolute Gasteiger partial charge is 0.416 e. The lowest BCUT2D eigenvalue weighted by Gasteiger charge is -2.14. The van der Waals surface area contributed by atoms with Crippen molar-refractivity contribution in [2.45, 2.75) is 31.5 Å². The second-order valence-electron chi connectivity index (χ2n) is 5.73. The number of rotatable bonds is 3. The van der Waals surface area contributed by atoms with Crippen LogP contribution in [0.25, 0.3) is 0 Å². The fraction of sp³-hybridized carbons (Fsp3) is 0.278. The first-order chi connectivity index (χ1) is 10.9. The van der Waals surface area contributed by atoms with Gasteiger partial charge in [-0.1, -0.05) is 42.5 Å². The molecule has 0 aromatic heterocycles. The molecule has 1 N–H and O–H groups in total. The lowest BCUT2D eigenvalue weighted by atomic mass is 10.1. The summed E-state index contributed by atoms with van der Waals surface area (Å²) in [6.45, 7) is 0. The van der Waals surface area contributed by atoms with Crippen LogP contribution in [0.1, 0.15) is 34.7 Å². The van der Waals surface area contributed by atoms with Crippen molar-refractivity contribution in [2.75, 3.05) is 0 Å². The maximum atomic E-state index is 12.7. The fourth-order valence-corrected chi connectivity index (χ4v) is 3.00. The van der Waals surface area contributed by atoms with E-state index in [1.54, 1.807) is 0 Å². The normalized spacial score (nSPS) is 16.9. The summed E-state index contributed by atoms with van der Waals surface area (Å²) < 4.78 is 38.1. The Bertz CT molecular complexity index is 724. The van der Waals surface area contributed by atoms with Gasteiger partial charge in [0, 0.05) is 0 Å². The summed E-state index contributed by atoms with van der Waals surface area (Å²) in [6, 6.07) is 12.8. The molecular weight excluding hydrogens is 303 g/mol. The average Bonchev–Trinajstić information content (AvgIpc) is 2.90. The number of hydrogen-bond donors (Lipinski definition) is 1. The Morgan fingerprint density at radius 1 is 1.13 bits per heavy atom. The number of carbonyl (C=O) groups excluding carboxylic acids is 1. The van der Waals surface area contributed by atoms with Crippen molar-refractivity contribution in [3.8, 4) is 0 Å². The molecule has 1 unspecified atom stereocenters. The Morgan fingerprint density at radius 3 is 2.70 bits per heavy atom. The summed E-state index contributed by atoms with van der Waals surface area (Å²) in [5.41, 5.74) is 1.96. The maximum absolute atomic E-state index is 12.7. The number of nitrogens with one attached hydrogen (secondary N) is 1. The second-order valence-corrected chi connectivity index (χ2v) is 5.73. The molecule has 1 aliphatic rings. The number of fused-ring (bicyclic) bond motifs is 1. The summed E-state index contributed by atoms with van der Waals surface area (Å²) in [4.78, 5) is 12.1. The van der Waals surface area contributed by atoms with E-state index in [2.05, 4.69) is 5.32 Å². The van der Waals surface area contributed by atoms with Crippen molar-refractivity contribution in [3.63, 3.8) is 0 Å². The molecule has 0 spiro atoms. The fourth-order valence-electron chi connectivity index (χ4n) is 3.00. The molecule has 1 atom stereocenters. The van der Waals surface area contributed by atoms with E-state index in [4.69, 9.17) is 0 Å². The molecule has 2 nitrogen and oxygen atoms in total. The van der Waals surface area contributed by atoms with Crippen LogP contribution >= 0.6 is 0 Å². The zero-order valence-electron chi connectivity index (χ0n) is 12.4. The summed E-state index contributed by atoms with van der Waals surface area (Å²) >= 11 is 0. The van der Waals surface area contributed by atoms with Crippen LogP contribution in [-0.2, 0) is 23.8 Å². The van der Waals surface area contributed by atoms with Crippen molar-refractivity contribution in [3.05, 3.63) is 70.8 Å². The third-order valence-electron chi connectivity index (χ3n) is 4.09. The second kappa shape index (κ2) is 6.07. The molecule has 0 bridgehead atoms. The Kier molecular flexibility index (Phi) is 4.11. The average molecular weight is 319 g/mol. The Morgan fingerprint density at radius 2 is 1.91 bits per heavy atom. The van der Waals surface area contributed by atoms with Crippen molar-refractivity contribution in [1.82, 2.24) is 5.32 Å². The zero-order chi connectivity index (χ0) is 16.4. The Balaban J connectivity index is 1.67. The maximum Gasteiger partial charge on any atom is 0.416 e. The van der Waals surface area contributed by atoms with Gasteiger partial charge in [-0.15, -0.1) is 0 Å². The molecule has 3 rings (SSSR count). The van der Waals surface area contributed by atoms with Crippen molar-refractivity contribution in [1.29, 1.82) is 0 Å². The van der Waals surface area contributed by atoms with Gasteiger partial charge in [-0.05, 0) is 35.6 Å². The quantitative estimate of drug-likeness (QED) is 0.908. The molecule has 0 saturated heterocycles. The molecule has 2 aromatic carbocycles. The molecule has 0 radical (unpaired) electrons. The SMILES string of the molecule is O=C(Cc1cccc(C(F)(F)F)c1)NC1CCc2ccccc21. The van der Waals surface area contributed by atoms with Gasteiger partial charge in [-0.25, -0.2) is 0 Å². The van der Waals surface area contributed by atoms with E-state index < -0.39 is 11.7 Å². The number of hydrogen-bond acceptors (Lipinski definition) is 1. The summed E-state index contributed by atoms with van der Waals surface area (Å²) in [6.07, 6.45) is -2.71. The third kappa shape index (κ3) is 3.55. The third-order valence-corrected chi connectivity index (χ3v) is 4.09. The van der Waals surface area contributed by atoms with E-state index in [0.717, 1.165) is 30.5 Å². The van der Waals surface area contributed by atoms with Crippen LogP contribution in [-0.4, -0.2) is 5.91 Å². The minimum absolute atomic E-state index is 0.0514. The van der Waals surface area contributed by atoms with Crippen LogP contribution in [0.4, 0.5) is 13.2 Å². The summed E-state index contributed by atoms with van der Waals surface area (Å²) in [7, 11) is 0. The molecule has 1 amide bonds. The van der Waals surface area contributed by atoms with Crippen LogP contribution in [0.15, 0.2) is 48.5 Å². The number of alkyl halides is 3. The first kappa shape index (κ1) is 15.6. The monoisotopic (exact) mass is 319 g/mol. The van der Waals surface area contributed by atoms with Crippen molar-refractivity contribution < 1.29 is 18.0 Å². The number of aryl methyl sites for hydroxylation is 1. The lowest BCUT2D eigenvalue weighted by Crippen LogP contribution is -2.28. The van der Waals surface area contributed by atoms with Crippen LogP contribution in [0.5, 0.6) is 0 Å². The lowest BCUT2D eigenvalue weighted by molar-refractivity contribution is -0.137. The van der Waals surface area contributed by atoms with Crippen LogP contribution in [0, 0.1) is 0 Å². The number of amides is 1. The summed E-state index contributed by atoms with van der Waals surface area (Å²) in [5.74, 6) is -0.258. The van der Waals surface area contributed by atoms with E-state index in [1.807, 2.05) is 24.3 Å². The number of carbonyl (C=O) groups is 1. The molecule has 0 heterocycles. The van der Waals surface area contributed by atoms with E-state index in [-0.39, 0.29) is 18.4 Å².